The third-order valence-corrected chi connectivity index (χ3v) is 3.50. The lowest BCUT2D eigenvalue weighted by atomic mass is 10.2. The van der Waals surface area contributed by atoms with Gasteiger partial charge >= 0.3 is 0 Å². The Morgan fingerprint density at radius 2 is 1.82 bits per heavy atom. The van der Waals surface area contributed by atoms with Crippen LogP contribution in [0.5, 0.6) is 5.75 Å². The van der Waals surface area contributed by atoms with Gasteiger partial charge in [0.15, 0.2) is 11.6 Å². The van der Waals surface area contributed by atoms with Crippen molar-refractivity contribution in [2.75, 3.05) is 19.1 Å². The summed E-state index contributed by atoms with van der Waals surface area (Å²) in [4.78, 5) is 1.84. The lowest BCUT2D eigenvalue weighted by Crippen LogP contribution is -2.29. The van der Waals surface area contributed by atoms with Crippen molar-refractivity contribution in [1.29, 1.82) is 0 Å². The highest BCUT2D eigenvalue weighted by molar-refractivity contribution is 5.51. The van der Waals surface area contributed by atoms with Gasteiger partial charge in [0.1, 0.15) is 0 Å². The molecule has 1 fully saturated rings. The summed E-state index contributed by atoms with van der Waals surface area (Å²) < 4.78 is 32.2. The summed E-state index contributed by atoms with van der Waals surface area (Å²) in [5.74, 6) is -1.78. The molecule has 0 aliphatic heterocycles. The van der Waals surface area contributed by atoms with Crippen molar-refractivity contribution in [1.82, 2.24) is 0 Å². The molecule has 0 radical (unpaired) electrons. The summed E-state index contributed by atoms with van der Waals surface area (Å²) in [7, 11) is 3.15. The fourth-order valence-corrected chi connectivity index (χ4v) is 2.44. The number of hydrogen-bond donors (Lipinski definition) is 0. The Bertz CT molecular complexity index is 403. The van der Waals surface area contributed by atoms with Crippen LogP contribution in [0.4, 0.5) is 14.5 Å². The number of ether oxygens (including phenoxy) is 1. The van der Waals surface area contributed by atoms with Gasteiger partial charge in [0.05, 0.1) is 12.8 Å². The second kappa shape index (κ2) is 4.90. The normalized spacial score (nSPS) is 16.2. The largest absolute Gasteiger partial charge is 0.494 e. The molecule has 1 aliphatic carbocycles. The zero-order valence-corrected chi connectivity index (χ0v) is 10.2. The summed E-state index contributed by atoms with van der Waals surface area (Å²) in [6.45, 7) is 0. The third kappa shape index (κ3) is 2.21. The van der Waals surface area contributed by atoms with Crippen LogP contribution in [0.2, 0.25) is 0 Å². The standard InChI is InChI=1S/C13H17F2NO/c1-16(9-5-3-4-6-9)10-7-8-11(17-2)13(15)12(10)14/h7-9H,3-6H2,1-2H3. The second-order valence-corrected chi connectivity index (χ2v) is 4.46. The van der Waals surface area contributed by atoms with Gasteiger partial charge < -0.3 is 9.64 Å². The van der Waals surface area contributed by atoms with Crippen LogP contribution in [0.15, 0.2) is 12.1 Å². The molecule has 4 heteroatoms. The van der Waals surface area contributed by atoms with E-state index in [1.807, 2.05) is 11.9 Å². The number of anilines is 1. The maximum Gasteiger partial charge on any atom is 0.202 e. The Morgan fingerprint density at radius 1 is 1.18 bits per heavy atom. The summed E-state index contributed by atoms with van der Waals surface area (Å²) in [5, 5.41) is 0. The highest BCUT2D eigenvalue weighted by Crippen LogP contribution is 2.32. The number of rotatable bonds is 3. The van der Waals surface area contributed by atoms with E-state index >= 15 is 0 Å². The molecule has 0 unspecified atom stereocenters. The molecule has 0 saturated heterocycles. The van der Waals surface area contributed by atoms with Crippen LogP contribution in [0.3, 0.4) is 0 Å². The van der Waals surface area contributed by atoms with Crippen LogP contribution in [-0.2, 0) is 0 Å². The maximum absolute atomic E-state index is 13.9. The van der Waals surface area contributed by atoms with Crippen molar-refractivity contribution in [3.63, 3.8) is 0 Å². The number of benzene rings is 1. The molecule has 1 aromatic rings. The minimum absolute atomic E-state index is 0.0499. The first-order chi connectivity index (χ1) is 8.15. The SMILES string of the molecule is COc1ccc(N(C)C2CCCC2)c(F)c1F. The van der Waals surface area contributed by atoms with E-state index in [1.54, 1.807) is 6.07 Å². The van der Waals surface area contributed by atoms with Crippen LogP contribution in [0.25, 0.3) is 0 Å². The smallest absolute Gasteiger partial charge is 0.202 e. The van der Waals surface area contributed by atoms with Crippen molar-refractivity contribution >= 4 is 5.69 Å². The predicted molar refractivity (Wildman–Crippen MR) is 63.6 cm³/mol. The van der Waals surface area contributed by atoms with Gasteiger partial charge in [-0.3, -0.25) is 0 Å². The molecule has 1 aliphatic rings. The van der Waals surface area contributed by atoms with E-state index in [-0.39, 0.29) is 5.75 Å². The molecule has 2 rings (SSSR count). The third-order valence-electron chi connectivity index (χ3n) is 3.50. The van der Waals surface area contributed by atoms with Crippen LogP contribution < -0.4 is 9.64 Å². The van der Waals surface area contributed by atoms with Gasteiger partial charge in [-0.2, -0.15) is 4.39 Å². The van der Waals surface area contributed by atoms with E-state index in [9.17, 15) is 8.78 Å². The van der Waals surface area contributed by atoms with Gasteiger partial charge in [0, 0.05) is 13.1 Å². The highest BCUT2D eigenvalue weighted by Gasteiger charge is 2.24. The summed E-state index contributed by atoms with van der Waals surface area (Å²) in [6, 6.07) is 3.37. The molecule has 2 nitrogen and oxygen atoms in total. The van der Waals surface area contributed by atoms with Crippen LogP contribution in [0, 0.1) is 11.6 Å². The lowest BCUT2D eigenvalue weighted by Gasteiger charge is -2.27. The first-order valence-electron chi connectivity index (χ1n) is 5.90. The fourth-order valence-electron chi connectivity index (χ4n) is 2.44. The first-order valence-corrected chi connectivity index (χ1v) is 5.90. The van der Waals surface area contributed by atoms with E-state index in [2.05, 4.69) is 0 Å². The molecule has 0 spiro atoms. The fraction of sp³-hybridized carbons (Fsp3) is 0.538. The van der Waals surface area contributed by atoms with Crippen molar-refractivity contribution in [3.8, 4) is 5.75 Å². The number of hydrogen-bond acceptors (Lipinski definition) is 2. The summed E-state index contributed by atoms with van der Waals surface area (Å²) in [6.07, 6.45) is 4.41. The first kappa shape index (κ1) is 12.1. The quantitative estimate of drug-likeness (QED) is 0.804. The monoisotopic (exact) mass is 241 g/mol. The van der Waals surface area contributed by atoms with Crippen molar-refractivity contribution in [3.05, 3.63) is 23.8 Å². The van der Waals surface area contributed by atoms with Crippen molar-refractivity contribution < 1.29 is 13.5 Å². The van der Waals surface area contributed by atoms with Gasteiger partial charge in [0.25, 0.3) is 0 Å². The summed E-state index contributed by atoms with van der Waals surface area (Å²) >= 11 is 0. The molecular weight excluding hydrogens is 224 g/mol. The average molecular weight is 241 g/mol. The molecule has 0 heterocycles. The molecule has 0 atom stereocenters. The van der Waals surface area contributed by atoms with Gasteiger partial charge in [-0.05, 0) is 25.0 Å². The minimum Gasteiger partial charge on any atom is -0.494 e. The minimum atomic E-state index is -0.908. The van der Waals surface area contributed by atoms with E-state index in [0.717, 1.165) is 25.7 Å². The molecule has 94 valence electrons. The van der Waals surface area contributed by atoms with E-state index in [1.165, 1.54) is 13.2 Å². The number of halogens is 2. The highest BCUT2D eigenvalue weighted by atomic mass is 19.2. The molecule has 1 aromatic carbocycles. The Balaban J connectivity index is 2.29. The van der Waals surface area contributed by atoms with Crippen molar-refractivity contribution in [2.24, 2.45) is 0 Å². The predicted octanol–water partition coefficient (Wildman–Crippen LogP) is 3.35. The number of methoxy groups -OCH3 is 1. The molecule has 17 heavy (non-hydrogen) atoms. The van der Waals surface area contributed by atoms with Gasteiger partial charge in [0.2, 0.25) is 5.82 Å². The molecule has 0 N–H and O–H groups in total. The molecule has 0 aromatic heterocycles. The summed E-state index contributed by atoms with van der Waals surface area (Å²) in [5.41, 5.74) is 0.315. The zero-order chi connectivity index (χ0) is 12.4. The van der Waals surface area contributed by atoms with Gasteiger partial charge in [-0.1, -0.05) is 12.8 Å². The van der Waals surface area contributed by atoms with Crippen LogP contribution >= 0.6 is 0 Å². The van der Waals surface area contributed by atoms with Crippen molar-refractivity contribution in [2.45, 2.75) is 31.7 Å². The van der Waals surface area contributed by atoms with Crippen LogP contribution in [-0.4, -0.2) is 20.2 Å². The molecular formula is C13H17F2NO. The van der Waals surface area contributed by atoms with Gasteiger partial charge in [-0.25, -0.2) is 4.39 Å². The topological polar surface area (TPSA) is 12.5 Å². The molecule has 1 saturated carbocycles. The second-order valence-electron chi connectivity index (χ2n) is 4.46. The average Bonchev–Trinajstić information content (AvgIpc) is 2.85. The Kier molecular flexibility index (Phi) is 3.50. The molecule has 0 amide bonds. The Morgan fingerprint density at radius 3 is 2.41 bits per heavy atom. The van der Waals surface area contributed by atoms with E-state index < -0.39 is 11.6 Å². The van der Waals surface area contributed by atoms with Crippen LogP contribution in [0.1, 0.15) is 25.7 Å². The Hall–Kier alpha value is -1.32. The van der Waals surface area contributed by atoms with E-state index in [0.29, 0.717) is 11.7 Å². The lowest BCUT2D eigenvalue weighted by molar-refractivity contribution is 0.371. The Labute approximate surface area is 100 Å². The van der Waals surface area contributed by atoms with Gasteiger partial charge in [-0.15, -0.1) is 0 Å². The molecule has 0 bridgehead atoms. The zero-order valence-electron chi connectivity index (χ0n) is 10.2. The van der Waals surface area contributed by atoms with E-state index in [4.69, 9.17) is 4.74 Å². The number of nitrogens with zero attached hydrogens (tertiary/aromatic N) is 1. The maximum atomic E-state index is 13.9.